The number of methoxy groups -OCH3 is 1. The number of rotatable bonds is 9. The van der Waals surface area contributed by atoms with Gasteiger partial charge in [-0.1, -0.05) is 30.3 Å². The maximum atomic E-state index is 12.9. The van der Waals surface area contributed by atoms with Crippen molar-refractivity contribution in [2.24, 2.45) is 0 Å². The SMILES string of the molecule is CCOc1ccccc1-c1nnc(SCC(=O)Nc2sc3c(c2C(=O)OC)CCCCC3)n1CC. The summed E-state index contributed by atoms with van der Waals surface area (Å²) in [5.74, 6) is 1.01. The average molecular weight is 515 g/mol. The second-order valence-electron chi connectivity index (χ2n) is 8.08. The average Bonchev–Trinajstić information content (AvgIpc) is 3.35. The first-order valence-electron chi connectivity index (χ1n) is 11.9. The fraction of sp³-hybridized carbons (Fsp3) is 0.440. The molecular formula is C25H30N4O4S2. The number of thiophene rings is 1. The Balaban J connectivity index is 1.50. The first kappa shape index (κ1) is 25.2. The topological polar surface area (TPSA) is 95.3 Å². The highest BCUT2D eigenvalue weighted by Crippen LogP contribution is 2.38. The molecule has 0 fully saturated rings. The summed E-state index contributed by atoms with van der Waals surface area (Å²) in [4.78, 5) is 26.6. The Bertz CT molecular complexity index is 1200. The van der Waals surface area contributed by atoms with E-state index in [2.05, 4.69) is 15.5 Å². The third-order valence-electron chi connectivity index (χ3n) is 5.86. The summed E-state index contributed by atoms with van der Waals surface area (Å²) in [5, 5.41) is 12.9. The van der Waals surface area contributed by atoms with Gasteiger partial charge in [0.1, 0.15) is 10.8 Å². The molecule has 0 unspecified atom stereocenters. The molecule has 1 aliphatic carbocycles. The van der Waals surface area contributed by atoms with Gasteiger partial charge in [0.15, 0.2) is 11.0 Å². The number of benzene rings is 1. The zero-order valence-corrected chi connectivity index (χ0v) is 21.9. The summed E-state index contributed by atoms with van der Waals surface area (Å²) >= 11 is 2.81. The lowest BCUT2D eigenvalue weighted by molar-refractivity contribution is -0.113. The first-order chi connectivity index (χ1) is 17.1. The number of carbonyl (C=O) groups is 2. The second-order valence-corrected chi connectivity index (χ2v) is 10.1. The molecule has 0 bridgehead atoms. The van der Waals surface area contributed by atoms with Gasteiger partial charge in [-0.15, -0.1) is 21.5 Å². The molecule has 0 atom stereocenters. The monoisotopic (exact) mass is 514 g/mol. The number of hydrogen-bond donors (Lipinski definition) is 1. The van der Waals surface area contributed by atoms with Gasteiger partial charge in [0.05, 0.1) is 30.6 Å². The molecule has 2 aromatic heterocycles. The molecule has 0 radical (unpaired) electrons. The number of aryl methyl sites for hydroxylation is 1. The number of nitrogens with one attached hydrogen (secondary N) is 1. The standard InChI is InChI=1S/C25H30N4O4S2/c1-4-29-22(16-11-9-10-13-18(16)33-5-2)27-28-25(29)34-15-20(30)26-23-21(24(31)32-3)17-12-7-6-8-14-19(17)35-23/h9-11,13H,4-8,12,14-15H2,1-3H3,(H,26,30). The lowest BCUT2D eigenvalue weighted by Crippen LogP contribution is -2.16. The van der Waals surface area contributed by atoms with Crippen molar-refractivity contribution < 1.29 is 19.1 Å². The Morgan fingerprint density at radius 2 is 1.94 bits per heavy atom. The third kappa shape index (κ3) is 5.54. The minimum Gasteiger partial charge on any atom is -0.493 e. The molecule has 0 aliphatic heterocycles. The van der Waals surface area contributed by atoms with Crippen LogP contribution in [0.1, 0.15) is 53.9 Å². The van der Waals surface area contributed by atoms with Crippen LogP contribution in [0.5, 0.6) is 5.75 Å². The number of fused-ring (bicyclic) bond motifs is 1. The van der Waals surface area contributed by atoms with Gasteiger partial charge < -0.3 is 19.4 Å². The fourth-order valence-electron chi connectivity index (χ4n) is 4.25. The number of ether oxygens (including phenoxy) is 2. The van der Waals surface area contributed by atoms with Gasteiger partial charge in [0.25, 0.3) is 0 Å². The zero-order chi connectivity index (χ0) is 24.8. The van der Waals surface area contributed by atoms with E-state index in [-0.39, 0.29) is 11.7 Å². The molecule has 1 aliphatic rings. The Kier molecular flexibility index (Phi) is 8.46. The third-order valence-corrected chi connectivity index (χ3v) is 8.03. The highest BCUT2D eigenvalue weighted by atomic mass is 32.2. The minimum atomic E-state index is -0.393. The Morgan fingerprint density at radius 1 is 1.14 bits per heavy atom. The van der Waals surface area contributed by atoms with Crippen molar-refractivity contribution in [2.45, 2.75) is 57.7 Å². The lowest BCUT2D eigenvalue weighted by Gasteiger charge is -2.11. The van der Waals surface area contributed by atoms with E-state index in [0.29, 0.717) is 34.7 Å². The molecule has 0 spiro atoms. The van der Waals surface area contributed by atoms with Crippen molar-refractivity contribution in [2.75, 3.05) is 24.8 Å². The van der Waals surface area contributed by atoms with Gasteiger partial charge in [-0.25, -0.2) is 4.79 Å². The Morgan fingerprint density at radius 3 is 2.71 bits per heavy atom. The van der Waals surface area contributed by atoms with Crippen LogP contribution < -0.4 is 10.1 Å². The van der Waals surface area contributed by atoms with E-state index >= 15 is 0 Å². The van der Waals surface area contributed by atoms with Gasteiger partial charge >= 0.3 is 5.97 Å². The van der Waals surface area contributed by atoms with Gasteiger partial charge in [-0.05, 0) is 57.2 Å². The van der Waals surface area contributed by atoms with E-state index in [0.717, 1.165) is 49.0 Å². The summed E-state index contributed by atoms with van der Waals surface area (Å²) in [6.45, 7) is 5.16. The molecule has 1 N–H and O–H groups in total. The number of aromatic nitrogens is 3. The molecule has 35 heavy (non-hydrogen) atoms. The fourth-order valence-corrected chi connectivity index (χ4v) is 6.35. The molecule has 186 valence electrons. The number of carbonyl (C=O) groups excluding carboxylic acids is 2. The molecule has 0 saturated heterocycles. The van der Waals surface area contributed by atoms with Crippen LogP contribution in [0.4, 0.5) is 5.00 Å². The molecule has 10 heteroatoms. The largest absolute Gasteiger partial charge is 0.493 e. The summed E-state index contributed by atoms with van der Waals surface area (Å²) in [6, 6.07) is 7.73. The van der Waals surface area contributed by atoms with E-state index in [9.17, 15) is 9.59 Å². The lowest BCUT2D eigenvalue weighted by atomic mass is 10.1. The number of para-hydroxylation sites is 1. The predicted molar refractivity (Wildman–Crippen MR) is 139 cm³/mol. The number of amides is 1. The van der Waals surface area contributed by atoms with E-state index in [4.69, 9.17) is 9.47 Å². The zero-order valence-electron chi connectivity index (χ0n) is 20.3. The summed E-state index contributed by atoms with van der Waals surface area (Å²) < 4.78 is 12.8. The molecule has 1 amide bonds. The first-order valence-corrected chi connectivity index (χ1v) is 13.7. The van der Waals surface area contributed by atoms with Crippen molar-refractivity contribution in [1.29, 1.82) is 0 Å². The van der Waals surface area contributed by atoms with Gasteiger partial charge in [0.2, 0.25) is 5.91 Å². The van der Waals surface area contributed by atoms with Crippen LogP contribution in [-0.2, 0) is 28.9 Å². The quantitative estimate of drug-likeness (QED) is 0.238. The van der Waals surface area contributed by atoms with Crippen LogP contribution in [0.2, 0.25) is 0 Å². The number of thioether (sulfide) groups is 1. The van der Waals surface area contributed by atoms with Crippen LogP contribution >= 0.6 is 23.1 Å². The Hall–Kier alpha value is -2.85. The van der Waals surface area contributed by atoms with Crippen LogP contribution in [0.15, 0.2) is 29.4 Å². The number of esters is 1. The minimum absolute atomic E-state index is 0.147. The molecule has 2 heterocycles. The highest BCUT2D eigenvalue weighted by molar-refractivity contribution is 7.99. The molecule has 3 aromatic rings. The van der Waals surface area contributed by atoms with E-state index in [1.54, 1.807) is 0 Å². The van der Waals surface area contributed by atoms with E-state index in [1.165, 1.54) is 35.1 Å². The predicted octanol–water partition coefficient (Wildman–Crippen LogP) is 5.21. The van der Waals surface area contributed by atoms with Crippen LogP contribution in [0.25, 0.3) is 11.4 Å². The summed E-state index contributed by atoms with van der Waals surface area (Å²) in [5.41, 5.74) is 2.41. The normalized spacial score (nSPS) is 13.1. The van der Waals surface area contributed by atoms with E-state index < -0.39 is 5.97 Å². The smallest absolute Gasteiger partial charge is 0.341 e. The molecule has 1 aromatic carbocycles. The van der Waals surface area contributed by atoms with E-state index in [1.807, 2.05) is 42.7 Å². The maximum absolute atomic E-state index is 12.9. The number of hydrogen-bond acceptors (Lipinski definition) is 8. The van der Waals surface area contributed by atoms with Gasteiger partial charge in [-0.2, -0.15) is 0 Å². The number of anilines is 1. The molecular weight excluding hydrogens is 484 g/mol. The van der Waals surface area contributed by atoms with Crippen LogP contribution in [-0.4, -0.2) is 46.1 Å². The molecule has 0 saturated carbocycles. The van der Waals surface area contributed by atoms with Crippen molar-refractivity contribution in [3.8, 4) is 17.1 Å². The van der Waals surface area contributed by atoms with Gasteiger partial charge in [-0.3, -0.25) is 4.79 Å². The summed E-state index contributed by atoms with van der Waals surface area (Å²) in [7, 11) is 1.38. The van der Waals surface area contributed by atoms with Crippen molar-refractivity contribution >= 4 is 40.0 Å². The van der Waals surface area contributed by atoms with Crippen LogP contribution in [0, 0.1) is 0 Å². The number of nitrogens with zero attached hydrogens (tertiary/aromatic N) is 3. The Labute approximate surface area is 213 Å². The van der Waals surface area contributed by atoms with Gasteiger partial charge in [0, 0.05) is 11.4 Å². The van der Waals surface area contributed by atoms with Crippen molar-refractivity contribution in [3.63, 3.8) is 0 Å². The second kappa shape index (κ2) is 11.7. The van der Waals surface area contributed by atoms with Crippen molar-refractivity contribution in [3.05, 3.63) is 40.3 Å². The highest BCUT2D eigenvalue weighted by Gasteiger charge is 2.26. The summed E-state index contributed by atoms with van der Waals surface area (Å²) in [6.07, 6.45) is 5.05. The van der Waals surface area contributed by atoms with Crippen molar-refractivity contribution in [1.82, 2.24) is 14.8 Å². The van der Waals surface area contributed by atoms with Crippen LogP contribution in [0.3, 0.4) is 0 Å². The molecule has 4 rings (SSSR count). The maximum Gasteiger partial charge on any atom is 0.341 e. The molecule has 8 nitrogen and oxygen atoms in total.